The van der Waals surface area contributed by atoms with E-state index in [0.717, 1.165) is 17.3 Å². The number of hydrogen-bond donors (Lipinski definition) is 1. The van der Waals surface area contributed by atoms with E-state index in [-0.39, 0.29) is 16.7 Å². The van der Waals surface area contributed by atoms with Crippen LogP contribution < -0.4 is 5.32 Å². The number of sulfone groups is 1. The van der Waals surface area contributed by atoms with E-state index >= 15 is 0 Å². The fourth-order valence-electron chi connectivity index (χ4n) is 3.15. The molecule has 1 unspecified atom stereocenters. The van der Waals surface area contributed by atoms with Crippen molar-refractivity contribution in [2.24, 2.45) is 0 Å². The second-order valence-electron chi connectivity index (χ2n) is 6.85. The summed E-state index contributed by atoms with van der Waals surface area (Å²) in [4.78, 5) is 17.1. The van der Waals surface area contributed by atoms with Gasteiger partial charge in [-0.15, -0.1) is 0 Å². The molecule has 2 heterocycles. The minimum atomic E-state index is -3.57. The van der Waals surface area contributed by atoms with Gasteiger partial charge in [0.25, 0.3) is 5.91 Å². The summed E-state index contributed by atoms with van der Waals surface area (Å²) in [5, 5.41) is 2.55. The number of rotatable bonds is 6. The number of hydrogen-bond acceptors (Lipinski definition) is 5. The van der Waals surface area contributed by atoms with Gasteiger partial charge in [0.05, 0.1) is 23.4 Å². The maximum atomic E-state index is 13.4. The fourth-order valence-corrected chi connectivity index (χ4v) is 3.71. The van der Waals surface area contributed by atoms with Crippen molar-refractivity contribution in [3.05, 3.63) is 84.1 Å². The molecule has 7 nitrogen and oxygen atoms in total. The number of aromatic nitrogens is 2. The molecule has 2 aromatic heterocycles. The fraction of sp³-hybridized carbons (Fsp3) is 0.143. The van der Waals surface area contributed by atoms with E-state index < -0.39 is 21.8 Å². The molecular weight excluding hydrogens is 409 g/mol. The standard InChI is InChI=1S/C21H18FN3O4S/c1-30(27,28)20-11-10-19(29-20)21(26)24-17(14-6-8-15(22)9-7-14)12-25-13-23-16-4-2-3-5-18(16)25/h2-11,13,17H,12H2,1H3,(H,24,26). The Hall–Kier alpha value is -3.46. The zero-order chi connectivity index (χ0) is 21.3. The quantitative estimate of drug-likeness (QED) is 0.509. The van der Waals surface area contributed by atoms with Crippen LogP contribution in [0.4, 0.5) is 4.39 Å². The summed E-state index contributed by atoms with van der Waals surface area (Å²) in [7, 11) is -3.57. The van der Waals surface area contributed by atoms with Gasteiger partial charge in [0.2, 0.25) is 14.9 Å². The lowest BCUT2D eigenvalue weighted by molar-refractivity contribution is 0.0899. The highest BCUT2D eigenvalue weighted by Crippen LogP contribution is 2.21. The molecule has 154 valence electrons. The highest BCUT2D eigenvalue weighted by Gasteiger charge is 2.21. The number of fused-ring (bicyclic) bond motifs is 1. The van der Waals surface area contributed by atoms with Crippen molar-refractivity contribution >= 4 is 26.8 Å². The Labute approximate surface area is 172 Å². The van der Waals surface area contributed by atoms with Gasteiger partial charge in [0.1, 0.15) is 5.82 Å². The van der Waals surface area contributed by atoms with Gasteiger partial charge < -0.3 is 14.3 Å². The first-order valence-electron chi connectivity index (χ1n) is 9.07. The molecule has 0 saturated heterocycles. The van der Waals surface area contributed by atoms with Gasteiger partial charge in [0, 0.05) is 12.8 Å². The van der Waals surface area contributed by atoms with Crippen molar-refractivity contribution in [2.75, 3.05) is 6.26 Å². The number of amides is 1. The van der Waals surface area contributed by atoms with Gasteiger partial charge in [-0.05, 0) is 42.0 Å². The van der Waals surface area contributed by atoms with Gasteiger partial charge in [-0.1, -0.05) is 24.3 Å². The molecule has 2 aromatic carbocycles. The SMILES string of the molecule is CS(=O)(=O)c1ccc(C(=O)NC(Cn2cnc3ccccc32)c2ccc(F)cc2)o1. The predicted octanol–water partition coefficient (Wildman–Crippen LogP) is 3.34. The van der Waals surface area contributed by atoms with Crippen LogP contribution >= 0.6 is 0 Å². The second kappa shape index (κ2) is 7.75. The van der Waals surface area contributed by atoms with E-state index in [2.05, 4.69) is 10.3 Å². The number of furan rings is 1. The van der Waals surface area contributed by atoms with Crippen molar-refractivity contribution in [1.82, 2.24) is 14.9 Å². The Morgan fingerprint density at radius 1 is 1.13 bits per heavy atom. The largest absolute Gasteiger partial charge is 0.440 e. The Morgan fingerprint density at radius 2 is 1.87 bits per heavy atom. The van der Waals surface area contributed by atoms with Crippen molar-refractivity contribution in [3.63, 3.8) is 0 Å². The Balaban J connectivity index is 1.64. The first-order valence-corrected chi connectivity index (χ1v) is 11.0. The van der Waals surface area contributed by atoms with E-state index in [0.29, 0.717) is 12.1 Å². The molecule has 0 radical (unpaired) electrons. The molecule has 0 bridgehead atoms. The third-order valence-corrected chi connectivity index (χ3v) is 5.61. The minimum absolute atomic E-state index is 0.127. The van der Waals surface area contributed by atoms with Gasteiger partial charge in [-0.2, -0.15) is 0 Å². The Kier molecular flexibility index (Phi) is 5.13. The van der Waals surface area contributed by atoms with Gasteiger partial charge in [0.15, 0.2) is 5.76 Å². The Morgan fingerprint density at radius 3 is 2.57 bits per heavy atom. The molecule has 1 N–H and O–H groups in total. The number of benzene rings is 2. The van der Waals surface area contributed by atoms with Crippen molar-refractivity contribution < 1.29 is 22.0 Å². The topological polar surface area (TPSA) is 94.2 Å². The lowest BCUT2D eigenvalue weighted by atomic mass is 10.1. The molecule has 0 fully saturated rings. The number of nitrogens with one attached hydrogen (secondary N) is 1. The lowest BCUT2D eigenvalue weighted by Gasteiger charge is -2.20. The van der Waals surface area contributed by atoms with Crippen LogP contribution in [0.1, 0.15) is 22.2 Å². The monoisotopic (exact) mass is 427 g/mol. The number of para-hydroxylation sites is 2. The van der Waals surface area contributed by atoms with Crippen LogP contribution in [0.5, 0.6) is 0 Å². The summed E-state index contributed by atoms with van der Waals surface area (Å²) >= 11 is 0. The van der Waals surface area contributed by atoms with E-state index in [1.165, 1.54) is 24.3 Å². The molecule has 4 rings (SSSR count). The van der Waals surface area contributed by atoms with Gasteiger partial charge in [-0.25, -0.2) is 17.8 Å². The summed E-state index contributed by atoms with van der Waals surface area (Å²) in [6, 6.07) is 15.4. The van der Waals surface area contributed by atoms with Crippen LogP contribution in [-0.2, 0) is 16.4 Å². The third kappa shape index (κ3) is 4.11. The summed E-state index contributed by atoms with van der Waals surface area (Å²) in [5.74, 6) is -1.09. The zero-order valence-electron chi connectivity index (χ0n) is 15.9. The van der Waals surface area contributed by atoms with Crippen LogP contribution in [0.25, 0.3) is 11.0 Å². The van der Waals surface area contributed by atoms with Crippen molar-refractivity contribution in [2.45, 2.75) is 17.7 Å². The highest BCUT2D eigenvalue weighted by atomic mass is 32.2. The summed E-state index contributed by atoms with van der Waals surface area (Å²) in [6.07, 6.45) is 2.67. The third-order valence-electron chi connectivity index (χ3n) is 4.65. The molecule has 4 aromatic rings. The first-order chi connectivity index (χ1) is 14.3. The maximum Gasteiger partial charge on any atom is 0.287 e. The minimum Gasteiger partial charge on any atom is -0.440 e. The van der Waals surface area contributed by atoms with Crippen molar-refractivity contribution in [3.8, 4) is 0 Å². The Bertz CT molecular complexity index is 1310. The van der Waals surface area contributed by atoms with Crippen molar-refractivity contribution in [1.29, 1.82) is 0 Å². The molecule has 9 heteroatoms. The summed E-state index contributed by atoms with van der Waals surface area (Å²) in [5.41, 5.74) is 2.37. The predicted molar refractivity (Wildman–Crippen MR) is 108 cm³/mol. The van der Waals surface area contributed by atoms with Crippen LogP contribution in [0.2, 0.25) is 0 Å². The molecule has 0 aliphatic heterocycles. The van der Waals surface area contributed by atoms with E-state index in [1.54, 1.807) is 18.5 Å². The molecule has 0 saturated carbocycles. The number of nitrogens with zero attached hydrogens (tertiary/aromatic N) is 2. The van der Waals surface area contributed by atoms with E-state index in [9.17, 15) is 17.6 Å². The maximum absolute atomic E-state index is 13.4. The molecule has 1 atom stereocenters. The molecule has 0 spiro atoms. The molecule has 0 aliphatic rings. The van der Waals surface area contributed by atoms with E-state index in [1.807, 2.05) is 28.8 Å². The average molecular weight is 427 g/mol. The molecular formula is C21H18FN3O4S. The number of carbonyl (C=O) groups is 1. The number of halogens is 1. The normalized spacial score (nSPS) is 12.7. The molecule has 0 aliphatic carbocycles. The van der Waals surface area contributed by atoms with Crippen LogP contribution in [0, 0.1) is 5.82 Å². The smallest absolute Gasteiger partial charge is 0.287 e. The van der Waals surface area contributed by atoms with Crippen LogP contribution in [0.15, 0.2) is 76.5 Å². The average Bonchev–Trinajstić information content (AvgIpc) is 3.36. The van der Waals surface area contributed by atoms with Crippen LogP contribution in [0.3, 0.4) is 0 Å². The second-order valence-corrected chi connectivity index (χ2v) is 8.80. The first kappa shape index (κ1) is 19.8. The lowest BCUT2D eigenvalue weighted by Crippen LogP contribution is -2.31. The van der Waals surface area contributed by atoms with E-state index in [4.69, 9.17) is 4.42 Å². The van der Waals surface area contributed by atoms with Gasteiger partial charge in [-0.3, -0.25) is 4.79 Å². The zero-order valence-corrected chi connectivity index (χ0v) is 16.8. The van der Waals surface area contributed by atoms with Crippen LogP contribution in [-0.4, -0.2) is 30.1 Å². The summed E-state index contributed by atoms with van der Waals surface area (Å²) in [6.45, 7) is 0.331. The molecule has 1 amide bonds. The summed E-state index contributed by atoms with van der Waals surface area (Å²) < 4.78 is 43.7. The highest BCUT2D eigenvalue weighted by molar-refractivity contribution is 7.90. The molecule has 30 heavy (non-hydrogen) atoms. The van der Waals surface area contributed by atoms with Gasteiger partial charge >= 0.3 is 0 Å². The number of carbonyl (C=O) groups excluding carboxylic acids is 1. The number of imidazole rings is 1.